The molecular weight excluding hydrogens is 352 g/mol. The summed E-state index contributed by atoms with van der Waals surface area (Å²) in [5.41, 5.74) is 2.64. The molecular formula is C12H14BrF2N3O3. The van der Waals surface area contributed by atoms with Crippen LogP contribution in [0.5, 0.6) is 0 Å². The smallest absolute Gasteiger partial charge is 0.351 e. The summed E-state index contributed by atoms with van der Waals surface area (Å²) in [6, 6.07) is 0. The Bertz CT molecular complexity index is 620. The molecule has 1 saturated heterocycles. The molecule has 0 aromatic carbocycles. The predicted molar refractivity (Wildman–Crippen MR) is 76.3 cm³/mol. The molecule has 4 atom stereocenters. The maximum atomic E-state index is 14.2. The van der Waals surface area contributed by atoms with Crippen molar-refractivity contribution in [1.29, 1.82) is 0 Å². The zero-order valence-electron chi connectivity index (χ0n) is 11.0. The molecule has 21 heavy (non-hydrogen) atoms. The Hall–Kier alpha value is -1.32. The highest BCUT2D eigenvalue weighted by Gasteiger charge is 2.56. The van der Waals surface area contributed by atoms with Crippen molar-refractivity contribution in [2.75, 3.05) is 12.3 Å². The Balaban J connectivity index is 2.48. The number of nitrogen functional groups attached to an aromatic ring is 1. The number of halogens is 3. The molecule has 1 fully saturated rings. The van der Waals surface area contributed by atoms with Crippen LogP contribution in [-0.2, 0) is 4.74 Å². The lowest BCUT2D eigenvalue weighted by Gasteiger charge is -2.20. The van der Waals surface area contributed by atoms with Gasteiger partial charge in [-0.3, -0.25) is 4.57 Å². The molecule has 1 aromatic heterocycles. The second-order valence-corrected chi connectivity index (χ2v) is 5.34. The summed E-state index contributed by atoms with van der Waals surface area (Å²) >= 11 is 3.05. The van der Waals surface area contributed by atoms with E-state index in [1.54, 1.807) is 0 Å². The maximum absolute atomic E-state index is 14.2. The van der Waals surface area contributed by atoms with Crippen molar-refractivity contribution in [3.63, 3.8) is 0 Å². The van der Waals surface area contributed by atoms with Crippen molar-refractivity contribution in [1.82, 2.24) is 9.55 Å². The Labute approximate surface area is 127 Å². The fraction of sp³-hybridized carbons (Fsp3) is 0.500. The number of nitrogens with two attached hydrogens (primary N) is 1. The number of nitrogens with zero attached hydrogens (tertiary/aromatic N) is 2. The molecule has 6 nitrogen and oxygen atoms in total. The van der Waals surface area contributed by atoms with Crippen LogP contribution in [0.2, 0.25) is 0 Å². The van der Waals surface area contributed by atoms with Gasteiger partial charge < -0.3 is 15.6 Å². The quantitative estimate of drug-likeness (QED) is 0.838. The molecule has 0 amide bonds. The maximum Gasteiger partial charge on any atom is 0.351 e. The van der Waals surface area contributed by atoms with E-state index in [2.05, 4.69) is 20.9 Å². The molecule has 0 bridgehead atoms. The zero-order chi connectivity index (χ0) is 15.8. The zero-order valence-corrected chi connectivity index (χ0v) is 12.6. The average molecular weight is 366 g/mol. The third kappa shape index (κ3) is 2.72. The molecule has 1 aliphatic heterocycles. The van der Waals surface area contributed by atoms with Gasteiger partial charge >= 0.3 is 5.69 Å². The van der Waals surface area contributed by atoms with Gasteiger partial charge in [0.05, 0.1) is 6.61 Å². The van der Waals surface area contributed by atoms with Crippen LogP contribution >= 0.6 is 15.9 Å². The molecule has 4 unspecified atom stereocenters. The minimum absolute atomic E-state index is 0.0397. The average Bonchev–Trinajstić information content (AvgIpc) is 2.64. The molecule has 0 aliphatic carbocycles. The van der Waals surface area contributed by atoms with Crippen LogP contribution in [-0.4, -0.2) is 39.2 Å². The molecule has 1 aromatic rings. The molecule has 9 heteroatoms. The Morgan fingerprint density at radius 2 is 2.38 bits per heavy atom. The van der Waals surface area contributed by atoms with Crippen LogP contribution in [0, 0.1) is 0 Å². The van der Waals surface area contributed by atoms with Crippen LogP contribution in [0.25, 0.3) is 6.08 Å². The first-order valence-electron chi connectivity index (χ1n) is 6.07. The largest absolute Gasteiger partial charge is 0.394 e. The van der Waals surface area contributed by atoms with Crippen molar-refractivity contribution in [3.8, 4) is 0 Å². The lowest BCUT2D eigenvalue weighted by molar-refractivity contribution is -0.0532. The molecule has 0 spiro atoms. The van der Waals surface area contributed by atoms with E-state index in [9.17, 15) is 13.6 Å². The lowest BCUT2D eigenvalue weighted by Crippen LogP contribution is -2.40. The Kier molecular flexibility index (Phi) is 4.45. The van der Waals surface area contributed by atoms with Gasteiger partial charge in [-0.05, 0) is 18.0 Å². The van der Waals surface area contributed by atoms with Gasteiger partial charge in [0.2, 0.25) is 0 Å². The summed E-state index contributed by atoms with van der Waals surface area (Å²) in [7, 11) is 0. The summed E-state index contributed by atoms with van der Waals surface area (Å²) < 4.78 is 34.4. The Morgan fingerprint density at radius 1 is 1.71 bits per heavy atom. The van der Waals surface area contributed by atoms with E-state index in [1.807, 2.05) is 0 Å². The fourth-order valence-electron chi connectivity index (χ4n) is 2.13. The van der Waals surface area contributed by atoms with Gasteiger partial charge in [-0.2, -0.15) is 4.98 Å². The van der Waals surface area contributed by atoms with Crippen molar-refractivity contribution in [2.45, 2.75) is 31.1 Å². The standard InChI is InChI=1S/C12H14BrF2N3O3/c1-12(15)7(5-19)21-10(8(12)14)18-4-6(2-3-13)9(16)17-11(18)20/h2-4,7-8,10,19H,5H2,1H3,(H2,16,17,20)/b3-2+. The SMILES string of the molecule is CC1(F)C(CO)OC(n2cc(/C=C/Br)c(N)nc2=O)C1F. The van der Waals surface area contributed by atoms with Gasteiger partial charge in [-0.25, -0.2) is 13.6 Å². The number of rotatable bonds is 3. The molecule has 0 radical (unpaired) electrons. The second kappa shape index (κ2) is 5.82. The Morgan fingerprint density at radius 3 is 2.90 bits per heavy atom. The monoisotopic (exact) mass is 365 g/mol. The van der Waals surface area contributed by atoms with Crippen LogP contribution in [0.1, 0.15) is 18.7 Å². The number of aliphatic hydroxyl groups excluding tert-OH is 1. The third-order valence-electron chi connectivity index (χ3n) is 3.42. The minimum atomic E-state index is -2.41. The molecule has 1 aliphatic rings. The number of ether oxygens (including phenoxy) is 1. The number of hydrogen-bond donors (Lipinski definition) is 2. The normalized spacial score (nSPS) is 32.9. The molecule has 3 N–H and O–H groups in total. The summed E-state index contributed by atoms with van der Waals surface area (Å²) in [6.07, 6.45) is -2.27. The third-order valence-corrected chi connectivity index (χ3v) is 3.68. The predicted octanol–water partition coefficient (Wildman–Crippen LogP) is 1.15. The summed E-state index contributed by atoms with van der Waals surface area (Å²) in [4.78, 5) is 16.9. The fourth-order valence-corrected chi connectivity index (χ4v) is 2.41. The number of hydrogen-bond acceptors (Lipinski definition) is 5. The van der Waals surface area contributed by atoms with E-state index in [-0.39, 0.29) is 5.82 Å². The van der Waals surface area contributed by atoms with E-state index >= 15 is 0 Å². The molecule has 116 valence electrons. The highest BCUT2D eigenvalue weighted by Crippen LogP contribution is 2.41. The first-order valence-corrected chi connectivity index (χ1v) is 6.99. The van der Waals surface area contributed by atoms with Crippen LogP contribution < -0.4 is 11.4 Å². The lowest BCUT2D eigenvalue weighted by atomic mass is 9.98. The second-order valence-electron chi connectivity index (χ2n) is 4.81. The van der Waals surface area contributed by atoms with Crippen LogP contribution in [0.15, 0.2) is 16.0 Å². The van der Waals surface area contributed by atoms with E-state index in [4.69, 9.17) is 15.6 Å². The van der Waals surface area contributed by atoms with E-state index in [1.165, 1.54) is 17.3 Å². The van der Waals surface area contributed by atoms with Crippen molar-refractivity contribution >= 4 is 27.8 Å². The van der Waals surface area contributed by atoms with Crippen LogP contribution in [0.4, 0.5) is 14.6 Å². The van der Waals surface area contributed by atoms with Gasteiger partial charge in [0, 0.05) is 11.8 Å². The van der Waals surface area contributed by atoms with Gasteiger partial charge in [0.15, 0.2) is 18.1 Å². The highest BCUT2D eigenvalue weighted by molar-refractivity contribution is 9.11. The van der Waals surface area contributed by atoms with Crippen molar-refractivity contribution < 1.29 is 18.6 Å². The molecule has 2 rings (SSSR count). The first kappa shape index (κ1) is 16.1. The number of aliphatic hydroxyl groups is 1. The van der Waals surface area contributed by atoms with Crippen LogP contribution in [0.3, 0.4) is 0 Å². The van der Waals surface area contributed by atoms with Crippen molar-refractivity contribution in [2.24, 2.45) is 0 Å². The van der Waals surface area contributed by atoms with Crippen molar-refractivity contribution in [3.05, 3.63) is 27.2 Å². The number of alkyl halides is 2. The molecule has 2 heterocycles. The van der Waals surface area contributed by atoms with Gasteiger partial charge in [0.25, 0.3) is 0 Å². The first-order chi connectivity index (χ1) is 9.82. The minimum Gasteiger partial charge on any atom is -0.394 e. The number of anilines is 1. The summed E-state index contributed by atoms with van der Waals surface area (Å²) in [5, 5.41) is 9.06. The summed E-state index contributed by atoms with van der Waals surface area (Å²) in [6.45, 7) is 0.281. The van der Waals surface area contributed by atoms with E-state index < -0.39 is 36.5 Å². The van der Waals surface area contributed by atoms with E-state index in [0.29, 0.717) is 5.56 Å². The van der Waals surface area contributed by atoms with Gasteiger partial charge in [-0.15, -0.1) is 0 Å². The molecule has 0 saturated carbocycles. The van der Waals surface area contributed by atoms with Gasteiger partial charge in [0.1, 0.15) is 11.9 Å². The van der Waals surface area contributed by atoms with E-state index in [0.717, 1.165) is 11.5 Å². The topological polar surface area (TPSA) is 90.4 Å². The summed E-state index contributed by atoms with van der Waals surface area (Å²) in [5.74, 6) is -0.0397. The van der Waals surface area contributed by atoms with Gasteiger partial charge in [-0.1, -0.05) is 15.9 Å². The highest BCUT2D eigenvalue weighted by atomic mass is 79.9. The number of aromatic nitrogens is 2.